The van der Waals surface area contributed by atoms with E-state index in [1.54, 1.807) is 67.8 Å². The van der Waals surface area contributed by atoms with Crippen LogP contribution in [0.15, 0.2) is 99.5 Å². The van der Waals surface area contributed by atoms with Crippen LogP contribution in [0.2, 0.25) is 0 Å². The lowest BCUT2D eigenvalue weighted by Crippen LogP contribution is -2.49. The van der Waals surface area contributed by atoms with Crippen molar-refractivity contribution in [3.8, 4) is 23.0 Å². The monoisotopic (exact) mass is 729 g/mol. The van der Waals surface area contributed by atoms with Gasteiger partial charge in [0.1, 0.15) is 23.0 Å². The number of amides is 1. The van der Waals surface area contributed by atoms with Crippen LogP contribution in [0, 0.1) is 0 Å². The lowest BCUT2D eigenvalue weighted by Gasteiger charge is -2.31. The molecule has 0 aromatic heterocycles. The molecular weight excluding hydrogens is 694 g/mol. The minimum absolute atomic E-state index is 0.0297. The number of rotatable bonds is 15. The molecule has 4 aromatic rings. The second-order valence-electron chi connectivity index (χ2n) is 11.0. The van der Waals surface area contributed by atoms with Crippen molar-refractivity contribution in [1.29, 1.82) is 0 Å². The highest BCUT2D eigenvalue weighted by Gasteiger charge is 2.53. The van der Waals surface area contributed by atoms with E-state index in [1.807, 2.05) is 24.3 Å². The van der Waals surface area contributed by atoms with Crippen LogP contribution >= 0.6 is 15.9 Å². The first kappa shape index (κ1) is 35.1. The maximum atomic E-state index is 14.8. The number of aliphatic hydroxyl groups is 1. The standard InChI is InChI=1S/C36H36BrN5O7/c1-45-27-19-31(46-2)29(32(20-27)47-3)22-39-35(44)36(21-23-9-13-25(37)14-10-23)33(28-7-4-5-8-30(28)41-42-38)49-34(40-36)24-11-15-26(16-12-24)48-18-6-17-43/h4-5,7-16,19-20,33,43H,6,17-18,21-22H2,1-3H3,(H,39,44)/t33-,36-/m1/s1. The van der Waals surface area contributed by atoms with Crippen LogP contribution in [0.1, 0.15) is 34.8 Å². The Morgan fingerprint density at radius 3 is 2.33 bits per heavy atom. The molecule has 49 heavy (non-hydrogen) atoms. The second kappa shape index (κ2) is 16.2. The Labute approximate surface area is 292 Å². The third-order valence-corrected chi connectivity index (χ3v) is 8.56. The average Bonchev–Trinajstić information content (AvgIpc) is 3.52. The minimum atomic E-state index is -1.56. The fourth-order valence-corrected chi connectivity index (χ4v) is 5.86. The zero-order chi connectivity index (χ0) is 34.8. The number of hydrogen-bond acceptors (Lipinski definition) is 9. The number of nitrogens with zero attached hydrogens (tertiary/aromatic N) is 4. The van der Waals surface area contributed by atoms with Crippen molar-refractivity contribution >= 4 is 33.4 Å². The molecule has 254 valence electrons. The molecule has 0 saturated carbocycles. The van der Waals surface area contributed by atoms with Gasteiger partial charge in [-0.3, -0.25) is 4.79 Å². The number of azide groups is 1. The molecule has 0 aliphatic carbocycles. The smallest absolute Gasteiger partial charge is 0.252 e. The van der Waals surface area contributed by atoms with Gasteiger partial charge in [-0.1, -0.05) is 57.4 Å². The summed E-state index contributed by atoms with van der Waals surface area (Å²) in [6.45, 7) is 0.431. The van der Waals surface area contributed by atoms with Gasteiger partial charge in [-0.2, -0.15) is 0 Å². The summed E-state index contributed by atoms with van der Waals surface area (Å²) in [6.07, 6.45) is -0.344. The van der Waals surface area contributed by atoms with Gasteiger partial charge in [0, 0.05) is 57.8 Å². The summed E-state index contributed by atoms with van der Waals surface area (Å²) in [6, 6.07) is 25.2. The van der Waals surface area contributed by atoms with E-state index in [2.05, 4.69) is 31.3 Å². The van der Waals surface area contributed by atoms with Crippen LogP contribution in [-0.4, -0.2) is 57.0 Å². The van der Waals surface area contributed by atoms with Crippen molar-refractivity contribution < 1.29 is 33.6 Å². The largest absolute Gasteiger partial charge is 0.496 e. The molecular formula is C36H36BrN5O7. The number of hydrogen-bond donors (Lipinski definition) is 2. The summed E-state index contributed by atoms with van der Waals surface area (Å²) in [7, 11) is 4.60. The number of methoxy groups -OCH3 is 3. The van der Waals surface area contributed by atoms with Crippen LogP contribution in [0.25, 0.3) is 10.4 Å². The Morgan fingerprint density at radius 2 is 1.69 bits per heavy atom. The number of carbonyl (C=O) groups excluding carboxylic acids is 1. The fourth-order valence-electron chi connectivity index (χ4n) is 5.60. The zero-order valence-corrected chi connectivity index (χ0v) is 28.8. The molecule has 4 aromatic carbocycles. The first-order valence-electron chi connectivity index (χ1n) is 15.4. The minimum Gasteiger partial charge on any atom is -0.496 e. The summed E-state index contributed by atoms with van der Waals surface area (Å²) in [5.74, 6) is 1.88. The highest BCUT2D eigenvalue weighted by molar-refractivity contribution is 9.10. The Balaban J connectivity index is 1.62. The van der Waals surface area contributed by atoms with Gasteiger partial charge in [0.25, 0.3) is 5.91 Å². The topological polar surface area (TPSA) is 157 Å². The molecule has 1 aliphatic rings. The van der Waals surface area contributed by atoms with Crippen molar-refractivity contribution in [2.24, 2.45) is 10.1 Å². The summed E-state index contributed by atoms with van der Waals surface area (Å²) in [5, 5.41) is 16.1. The molecule has 12 nitrogen and oxygen atoms in total. The molecule has 0 spiro atoms. The van der Waals surface area contributed by atoms with E-state index in [0.29, 0.717) is 58.4 Å². The SMILES string of the molecule is COc1cc(OC)c(CNC(=O)[C@]2(Cc3ccc(Br)cc3)N=C(c3ccc(OCCCO)cc3)O[C@@H]2c2ccccc2N=[N+]=[N-])c(OC)c1. The number of benzene rings is 4. The molecule has 1 amide bonds. The van der Waals surface area contributed by atoms with E-state index in [9.17, 15) is 10.3 Å². The van der Waals surface area contributed by atoms with E-state index in [1.165, 1.54) is 14.2 Å². The third-order valence-electron chi connectivity index (χ3n) is 8.03. The number of nitrogens with one attached hydrogen (secondary N) is 1. The summed E-state index contributed by atoms with van der Waals surface area (Å²) >= 11 is 3.50. The third kappa shape index (κ3) is 7.92. The molecule has 0 saturated heterocycles. The lowest BCUT2D eigenvalue weighted by atomic mass is 9.81. The second-order valence-corrected chi connectivity index (χ2v) is 11.9. The van der Waals surface area contributed by atoms with Gasteiger partial charge < -0.3 is 34.1 Å². The predicted molar refractivity (Wildman–Crippen MR) is 188 cm³/mol. The van der Waals surface area contributed by atoms with Gasteiger partial charge >= 0.3 is 0 Å². The van der Waals surface area contributed by atoms with Gasteiger partial charge in [-0.15, -0.1) is 0 Å². The number of ether oxygens (including phenoxy) is 5. The van der Waals surface area contributed by atoms with E-state index < -0.39 is 17.6 Å². The van der Waals surface area contributed by atoms with E-state index in [-0.39, 0.29) is 25.5 Å². The van der Waals surface area contributed by atoms with Crippen molar-refractivity contribution in [2.45, 2.75) is 31.0 Å². The van der Waals surface area contributed by atoms with Gasteiger partial charge in [0.05, 0.1) is 40.0 Å². The first-order chi connectivity index (χ1) is 23.8. The number of aliphatic hydroxyl groups excluding tert-OH is 1. The van der Waals surface area contributed by atoms with E-state index >= 15 is 0 Å². The van der Waals surface area contributed by atoms with E-state index in [4.69, 9.17) is 33.8 Å². The van der Waals surface area contributed by atoms with Crippen LogP contribution in [0.5, 0.6) is 23.0 Å². The fraction of sp³-hybridized carbons (Fsp3) is 0.278. The van der Waals surface area contributed by atoms with Crippen molar-refractivity contribution in [1.82, 2.24) is 5.32 Å². The quantitative estimate of drug-likeness (QED) is 0.0578. The molecule has 1 heterocycles. The molecule has 2 atom stereocenters. The van der Waals surface area contributed by atoms with Crippen LogP contribution < -0.4 is 24.3 Å². The number of aliphatic imine (C=N–C) groups is 1. The normalized spacial score (nSPS) is 16.5. The molecule has 0 fully saturated rings. The molecule has 13 heteroatoms. The molecule has 1 aliphatic heterocycles. The summed E-state index contributed by atoms with van der Waals surface area (Å²) in [4.78, 5) is 22.9. The average molecular weight is 731 g/mol. The maximum Gasteiger partial charge on any atom is 0.252 e. The Hall–Kier alpha value is -5.23. The van der Waals surface area contributed by atoms with Crippen LogP contribution in [-0.2, 0) is 22.5 Å². The number of halogens is 1. The first-order valence-corrected chi connectivity index (χ1v) is 16.2. The van der Waals surface area contributed by atoms with Gasteiger partial charge in [0.2, 0.25) is 5.90 Å². The maximum absolute atomic E-state index is 14.8. The van der Waals surface area contributed by atoms with Crippen LogP contribution in [0.4, 0.5) is 5.69 Å². The van der Waals surface area contributed by atoms with Gasteiger partial charge in [0.15, 0.2) is 11.6 Å². The Kier molecular flexibility index (Phi) is 11.6. The van der Waals surface area contributed by atoms with Gasteiger partial charge in [-0.05, 0) is 47.5 Å². The summed E-state index contributed by atoms with van der Waals surface area (Å²) < 4.78 is 29.9. The predicted octanol–water partition coefficient (Wildman–Crippen LogP) is 6.99. The van der Waals surface area contributed by atoms with Crippen molar-refractivity contribution in [2.75, 3.05) is 34.5 Å². The highest BCUT2D eigenvalue weighted by Crippen LogP contribution is 2.46. The number of carbonyl (C=O) groups is 1. The van der Waals surface area contributed by atoms with Crippen molar-refractivity contribution in [3.05, 3.63) is 122 Å². The molecule has 0 radical (unpaired) electrons. The Morgan fingerprint density at radius 1 is 1.00 bits per heavy atom. The summed E-state index contributed by atoms with van der Waals surface area (Å²) in [5.41, 5.74) is 10.7. The molecule has 5 rings (SSSR count). The molecule has 0 bridgehead atoms. The molecule has 2 N–H and O–H groups in total. The lowest BCUT2D eigenvalue weighted by molar-refractivity contribution is -0.129. The Bertz CT molecular complexity index is 1820. The van der Waals surface area contributed by atoms with Crippen LogP contribution in [0.3, 0.4) is 0 Å². The zero-order valence-electron chi connectivity index (χ0n) is 27.3. The molecule has 0 unspecified atom stereocenters. The van der Waals surface area contributed by atoms with Gasteiger partial charge in [-0.25, -0.2) is 4.99 Å². The van der Waals surface area contributed by atoms with E-state index in [0.717, 1.165) is 10.0 Å². The van der Waals surface area contributed by atoms with Crippen molar-refractivity contribution in [3.63, 3.8) is 0 Å². The highest BCUT2D eigenvalue weighted by atomic mass is 79.9.